The molecule has 1 saturated carbocycles. The van der Waals surface area contributed by atoms with Crippen molar-refractivity contribution < 1.29 is 9.90 Å². The third-order valence-corrected chi connectivity index (χ3v) is 4.39. The van der Waals surface area contributed by atoms with Crippen molar-refractivity contribution in [3.05, 3.63) is 30.3 Å². The van der Waals surface area contributed by atoms with Crippen LogP contribution in [-0.4, -0.2) is 17.1 Å². The molecule has 2 N–H and O–H groups in total. The Hall–Kier alpha value is -1.51. The summed E-state index contributed by atoms with van der Waals surface area (Å²) in [4.78, 5) is 11.5. The number of aliphatic carboxylic acids is 1. The van der Waals surface area contributed by atoms with Crippen molar-refractivity contribution in [2.45, 2.75) is 39.2 Å². The summed E-state index contributed by atoms with van der Waals surface area (Å²) in [6, 6.07) is 10.3. The number of hydrogen-bond acceptors (Lipinski definition) is 2. The standard InChI is InChI=1S/C15H21NO2/c1-3-15(14(17)18)10-13(9-11(15)2)16-12-7-5-4-6-8-12/h4-8,11,13,16H,3,9-10H2,1-2H3,(H,17,18)/t11-,13-,15+/m1/s1. The van der Waals surface area contributed by atoms with Gasteiger partial charge in [0.05, 0.1) is 5.41 Å². The van der Waals surface area contributed by atoms with Crippen LogP contribution in [0.3, 0.4) is 0 Å². The number of rotatable bonds is 4. The molecule has 0 radical (unpaired) electrons. The molecular weight excluding hydrogens is 226 g/mol. The molecule has 18 heavy (non-hydrogen) atoms. The molecule has 3 heteroatoms. The molecular formula is C15H21NO2. The topological polar surface area (TPSA) is 49.3 Å². The van der Waals surface area contributed by atoms with E-state index in [0.717, 1.165) is 18.5 Å². The highest BCUT2D eigenvalue weighted by atomic mass is 16.4. The maximum atomic E-state index is 11.5. The van der Waals surface area contributed by atoms with Crippen molar-refractivity contribution in [3.8, 4) is 0 Å². The number of carboxylic acids is 1. The minimum absolute atomic E-state index is 0.223. The van der Waals surface area contributed by atoms with E-state index in [-0.39, 0.29) is 12.0 Å². The van der Waals surface area contributed by atoms with Crippen LogP contribution in [0.5, 0.6) is 0 Å². The summed E-state index contributed by atoms with van der Waals surface area (Å²) in [6.45, 7) is 4.04. The van der Waals surface area contributed by atoms with Crippen LogP contribution in [0.15, 0.2) is 30.3 Å². The molecule has 1 aliphatic carbocycles. The Morgan fingerprint density at radius 2 is 2.11 bits per heavy atom. The minimum atomic E-state index is -0.644. The second kappa shape index (κ2) is 5.01. The van der Waals surface area contributed by atoms with E-state index < -0.39 is 11.4 Å². The quantitative estimate of drug-likeness (QED) is 0.857. The normalized spacial score (nSPS) is 31.2. The second-order valence-electron chi connectivity index (χ2n) is 5.36. The molecule has 0 amide bonds. The molecule has 0 bridgehead atoms. The van der Waals surface area contributed by atoms with Crippen LogP contribution < -0.4 is 5.32 Å². The lowest BCUT2D eigenvalue weighted by Gasteiger charge is -2.27. The zero-order chi connectivity index (χ0) is 13.2. The molecule has 2 rings (SSSR count). The maximum absolute atomic E-state index is 11.5. The van der Waals surface area contributed by atoms with Gasteiger partial charge in [0.1, 0.15) is 0 Å². The van der Waals surface area contributed by atoms with Crippen molar-refractivity contribution in [1.29, 1.82) is 0 Å². The van der Waals surface area contributed by atoms with Gasteiger partial charge in [-0.15, -0.1) is 0 Å². The maximum Gasteiger partial charge on any atom is 0.309 e. The highest BCUT2D eigenvalue weighted by molar-refractivity contribution is 5.75. The molecule has 0 aromatic heterocycles. The molecule has 1 aromatic rings. The monoisotopic (exact) mass is 247 g/mol. The zero-order valence-corrected chi connectivity index (χ0v) is 11.0. The fourth-order valence-electron chi connectivity index (χ4n) is 3.20. The Morgan fingerprint density at radius 3 is 2.61 bits per heavy atom. The molecule has 1 aromatic carbocycles. The summed E-state index contributed by atoms with van der Waals surface area (Å²) in [5, 5.41) is 12.9. The first kappa shape index (κ1) is 12.9. The summed E-state index contributed by atoms with van der Waals surface area (Å²) < 4.78 is 0. The Kier molecular flexibility index (Phi) is 3.60. The van der Waals surface area contributed by atoms with Crippen LogP contribution in [0.4, 0.5) is 5.69 Å². The first-order chi connectivity index (χ1) is 8.58. The van der Waals surface area contributed by atoms with E-state index in [1.54, 1.807) is 0 Å². The molecule has 3 nitrogen and oxygen atoms in total. The molecule has 0 saturated heterocycles. The van der Waals surface area contributed by atoms with Crippen LogP contribution in [0.2, 0.25) is 0 Å². The largest absolute Gasteiger partial charge is 0.481 e. The van der Waals surface area contributed by atoms with E-state index in [2.05, 4.69) is 12.2 Å². The van der Waals surface area contributed by atoms with Gasteiger partial charge in [0.15, 0.2) is 0 Å². The van der Waals surface area contributed by atoms with Gasteiger partial charge in [-0.1, -0.05) is 32.0 Å². The lowest BCUT2D eigenvalue weighted by Crippen LogP contribution is -2.33. The zero-order valence-electron chi connectivity index (χ0n) is 11.0. The fraction of sp³-hybridized carbons (Fsp3) is 0.533. The Morgan fingerprint density at radius 1 is 1.44 bits per heavy atom. The fourth-order valence-corrected chi connectivity index (χ4v) is 3.20. The van der Waals surface area contributed by atoms with Gasteiger partial charge in [0, 0.05) is 11.7 Å². The average Bonchev–Trinajstić information content (AvgIpc) is 2.68. The summed E-state index contributed by atoms with van der Waals surface area (Å²) in [6.07, 6.45) is 2.35. The first-order valence-corrected chi connectivity index (χ1v) is 6.63. The summed E-state index contributed by atoms with van der Waals surface area (Å²) >= 11 is 0. The molecule has 0 heterocycles. The van der Waals surface area contributed by atoms with Crippen LogP contribution in [0, 0.1) is 11.3 Å². The van der Waals surface area contributed by atoms with Crippen molar-refractivity contribution in [2.75, 3.05) is 5.32 Å². The molecule has 1 fully saturated rings. The Balaban J connectivity index is 2.09. The van der Waals surface area contributed by atoms with Gasteiger partial charge in [-0.05, 0) is 37.3 Å². The van der Waals surface area contributed by atoms with Crippen molar-refractivity contribution in [1.82, 2.24) is 0 Å². The third kappa shape index (κ3) is 2.22. The summed E-state index contributed by atoms with van der Waals surface area (Å²) in [5.41, 5.74) is 0.527. The summed E-state index contributed by atoms with van der Waals surface area (Å²) in [7, 11) is 0. The van der Waals surface area contributed by atoms with E-state index in [4.69, 9.17) is 0 Å². The summed E-state index contributed by atoms with van der Waals surface area (Å²) in [5.74, 6) is -0.420. The van der Waals surface area contributed by atoms with Crippen molar-refractivity contribution in [3.63, 3.8) is 0 Å². The molecule has 0 aliphatic heterocycles. The van der Waals surface area contributed by atoms with Gasteiger partial charge in [-0.25, -0.2) is 0 Å². The third-order valence-electron chi connectivity index (χ3n) is 4.39. The first-order valence-electron chi connectivity index (χ1n) is 6.63. The highest BCUT2D eigenvalue weighted by Crippen LogP contribution is 2.46. The minimum Gasteiger partial charge on any atom is -0.481 e. The van der Waals surface area contributed by atoms with Crippen LogP contribution in [0.1, 0.15) is 33.1 Å². The molecule has 1 aliphatic rings. The number of nitrogens with one attached hydrogen (secondary N) is 1. The van der Waals surface area contributed by atoms with E-state index >= 15 is 0 Å². The number of hydrogen-bond donors (Lipinski definition) is 2. The molecule has 0 spiro atoms. The lowest BCUT2D eigenvalue weighted by atomic mass is 9.76. The van der Waals surface area contributed by atoms with Crippen LogP contribution >= 0.6 is 0 Å². The smallest absolute Gasteiger partial charge is 0.309 e. The van der Waals surface area contributed by atoms with Crippen LogP contribution in [-0.2, 0) is 4.79 Å². The number of anilines is 1. The van der Waals surface area contributed by atoms with Gasteiger partial charge in [-0.3, -0.25) is 4.79 Å². The SMILES string of the molecule is CC[C@]1(C(=O)O)C[C@H](Nc2ccccc2)C[C@H]1C. The van der Waals surface area contributed by atoms with Crippen LogP contribution in [0.25, 0.3) is 0 Å². The van der Waals surface area contributed by atoms with Gasteiger partial charge >= 0.3 is 5.97 Å². The van der Waals surface area contributed by atoms with E-state index in [1.807, 2.05) is 37.3 Å². The van der Waals surface area contributed by atoms with Crippen molar-refractivity contribution >= 4 is 11.7 Å². The molecule has 98 valence electrons. The Bertz CT molecular complexity index is 418. The number of para-hydroxylation sites is 1. The van der Waals surface area contributed by atoms with Gasteiger partial charge in [0.2, 0.25) is 0 Å². The Labute approximate surface area is 108 Å². The van der Waals surface area contributed by atoms with Gasteiger partial charge in [0.25, 0.3) is 0 Å². The van der Waals surface area contributed by atoms with Crippen molar-refractivity contribution in [2.24, 2.45) is 11.3 Å². The average molecular weight is 247 g/mol. The van der Waals surface area contributed by atoms with Gasteiger partial charge in [-0.2, -0.15) is 0 Å². The van der Waals surface area contributed by atoms with E-state index in [0.29, 0.717) is 6.42 Å². The number of benzene rings is 1. The predicted molar refractivity (Wildman–Crippen MR) is 72.6 cm³/mol. The van der Waals surface area contributed by atoms with Gasteiger partial charge < -0.3 is 10.4 Å². The second-order valence-corrected chi connectivity index (χ2v) is 5.36. The van der Waals surface area contributed by atoms with E-state index in [9.17, 15) is 9.90 Å². The highest BCUT2D eigenvalue weighted by Gasteiger charge is 2.49. The number of carboxylic acid groups (broad SMARTS) is 1. The lowest BCUT2D eigenvalue weighted by molar-refractivity contribution is -0.151. The van der Waals surface area contributed by atoms with E-state index in [1.165, 1.54) is 0 Å². The predicted octanol–water partition coefficient (Wildman–Crippen LogP) is 3.38. The molecule has 0 unspecified atom stereocenters. The molecule has 3 atom stereocenters. The number of carbonyl (C=O) groups is 1.